The van der Waals surface area contributed by atoms with E-state index in [1.165, 1.54) is 6.07 Å². The van der Waals surface area contributed by atoms with Crippen LogP contribution in [0.25, 0.3) is 16.7 Å². The first-order valence-electron chi connectivity index (χ1n) is 12.7. The molecule has 2 aromatic carbocycles. The van der Waals surface area contributed by atoms with Crippen LogP contribution in [-0.4, -0.2) is 30.5 Å². The maximum absolute atomic E-state index is 14.1. The number of hydrogen-bond donors (Lipinski definition) is 1. The van der Waals surface area contributed by atoms with Gasteiger partial charge in [-0.2, -0.15) is 10.2 Å². The van der Waals surface area contributed by atoms with Crippen molar-refractivity contribution < 1.29 is 9.18 Å². The molecule has 0 radical (unpaired) electrons. The summed E-state index contributed by atoms with van der Waals surface area (Å²) in [5, 5.41) is 13.1. The van der Waals surface area contributed by atoms with Crippen LogP contribution in [0, 0.1) is 5.82 Å². The van der Waals surface area contributed by atoms with Gasteiger partial charge in [0.25, 0.3) is 5.91 Å². The fraction of sp³-hybridized carbons (Fsp3) is 0.241. The van der Waals surface area contributed by atoms with Crippen LogP contribution in [0.15, 0.2) is 73.1 Å². The van der Waals surface area contributed by atoms with Crippen molar-refractivity contribution in [3.05, 3.63) is 101 Å². The van der Waals surface area contributed by atoms with Gasteiger partial charge in [-0.3, -0.25) is 9.48 Å². The van der Waals surface area contributed by atoms with Crippen molar-refractivity contribution in [1.29, 1.82) is 0 Å². The third-order valence-electron chi connectivity index (χ3n) is 7.07. The molecule has 7 rings (SSSR count). The van der Waals surface area contributed by atoms with E-state index in [9.17, 15) is 9.18 Å². The van der Waals surface area contributed by atoms with Gasteiger partial charge in [0, 0.05) is 29.3 Å². The Bertz CT molecular complexity index is 1630. The summed E-state index contributed by atoms with van der Waals surface area (Å²) in [6, 6.07) is 18.5. The number of carbonyl (C=O) groups is 1. The number of benzene rings is 2. The fourth-order valence-corrected chi connectivity index (χ4v) is 4.84. The number of nitrogens with one attached hydrogen (secondary N) is 1. The van der Waals surface area contributed by atoms with Crippen molar-refractivity contribution in [1.82, 2.24) is 24.5 Å². The predicted octanol–water partition coefficient (Wildman–Crippen LogP) is 5.81. The summed E-state index contributed by atoms with van der Waals surface area (Å²) in [4.78, 5) is 18.7. The molecule has 3 aromatic heterocycles. The standard InChI is InChI=1S/C29H25FN6O/c30-24-9-5-4-6-20(24)16-35-17-21(15-31-35)32-29(37)23-14-25(18-10-11-18)33-28-26(23)27(19-12-13-19)34-36(28)22-7-2-1-3-8-22/h1-9,14-15,17-19H,10-13,16H2,(H,32,37). The Hall–Kier alpha value is -4.33. The number of rotatable bonds is 7. The monoisotopic (exact) mass is 492 g/mol. The Balaban J connectivity index is 1.27. The van der Waals surface area contributed by atoms with Crippen molar-refractivity contribution in [2.45, 2.75) is 44.1 Å². The molecule has 2 aliphatic carbocycles. The molecule has 0 spiro atoms. The highest BCUT2D eigenvalue weighted by molar-refractivity contribution is 6.13. The average molecular weight is 493 g/mol. The third kappa shape index (κ3) is 4.18. The Morgan fingerprint density at radius 2 is 1.76 bits per heavy atom. The molecule has 0 atom stereocenters. The van der Waals surface area contributed by atoms with Crippen LogP contribution in [0.5, 0.6) is 0 Å². The lowest BCUT2D eigenvalue weighted by Gasteiger charge is -2.09. The van der Waals surface area contributed by atoms with Crippen LogP contribution >= 0.6 is 0 Å². The molecule has 0 unspecified atom stereocenters. The van der Waals surface area contributed by atoms with E-state index in [0.717, 1.165) is 53.8 Å². The number of amides is 1. The Kier molecular flexibility index (Phi) is 5.13. The molecule has 0 aliphatic heterocycles. The molecule has 8 heteroatoms. The van der Waals surface area contributed by atoms with Gasteiger partial charge in [-0.15, -0.1) is 0 Å². The highest BCUT2D eigenvalue weighted by Crippen LogP contribution is 2.45. The number of carbonyl (C=O) groups excluding carboxylic acids is 1. The lowest BCUT2D eigenvalue weighted by Crippen LogP contribution is -2.13. The second-order valence-electron chi connectivity index (χ2n) is 9.95. The summed E-state index contributed by atoms with van der Waals surface area (Å²) in [5.74, 6) is 0.228. The van der Waals surface area contributed by atoms with Crippen molar-refractivity contribution in [2.24, 2.45) is 0 Å². The molecule has 2 saturated carbocycles. The summed E-state index contributed by atoms with van der Waals surface area (Å²) >= 11 is 0. The average Bonchev–Trinajstić information content (AvgIpc) is 3.86. The first-order valence-corrected chi connectivity index (χ1v) is 12.7. The topological polar surface area (TPSA) is 77.6 Å². The van der Waals surface area contributed by atoms with E-state index >= 15 is 0 Å². The molecule has 5 aromatic rings. The van der Waals surface area contributed by atoms with Gasteiger partial charge in [0.1, 0.15) is 5.82 Å². The molecule has 0 bridgehead atoms. The van der Waals surface area contributed by atoms with E-state index in [2.05, 4.69) is 10.4 Å². The summed E-state index contributed by atoms with van der Waals surface area (Å²) in [6.07, 6.45) is 7.60. The van der Waals surface area contributed by atoms with E-state index in [4.69, 9.17) is 10.1 Å². The summed E-state index contributed by atoms with van der Waals surface area (Å²) in [5.41, 5.74) is 5.23. The molecular weight excluding hydrogens is 467 g/mol. The number of halogens is 1. The number of fused-ring (bicyclic) bond motifs is 1. The highest BCUT2D eigenvalue weighted by atomic mass is 19.1. The molecule has 2 fully saturated rings. The number of nitrogens with zero attached hydrogens (tertiary/aromatic N) is 5. The summed E-state index contributed by atoms with van der Waals surface area (Å²) in [7, 11) is 0. The SMILES string of the molecule is O=C(Nc1cnn(Cc2ccccc2F)c1)c1cc(C2CC2)nc2c1c(C1CC1)nn2-c1ccccc1. The lowest BCUT2D eigenvalue weighted by molar-refractivity contribution is 0.102. The minimum atomic E-state index is -0.279. The number of pyridine rings is 1. The van der Waals surface area contributed by atoms with Crippen LogP contribution in [0.1, 0.15) is 64.8 Å². The number of anilines is 1. The molecular formula is C29H25FN6O. The zero-order valence-electron chi connectivity index (χ0n) is 20.1. The van der Waals surface area contributed by atoms with Crippen LogP contribution in [0.3, 0.4) is 0 Å². The van der Waals surface area contributed by atoms with Crippen LogP contribution in [0.2, 0.25) is 0 Å². The predicted molar refractivity (Wildman–Crippen MR) is 138 cm³/mol. The van der Waals surface area contributed by atoms with Gasteiger partial charge in [0.15, 0.2) is 5.65 Å². The van der Waals surface area contributed by atoms with Gasteiger partial charge in [0.05, 0.1) is 40.8 Å². The molecule has 3 heterocycles. The molecule has 37 heavy (non-hydrogen) atoms. The van der Waals surface area contributed by atoms with Gasteiger partial charge in [0.2, 0.25) is 0 Å². The number of hydrogen-bond acceptors (Lipinski definition) is 4. The van der Waals surface area contributed by atoms with E-state index in [1.807, 2.05) is 41.1 Å². The Morgan fingerprint density at radius 3 is 2.51 bits per heavy atom. The quantitative estimate of drug-likeness (QED) is 0.311. The number of para-hydroxylation sites is 1. The molecule has 0 saturated heterocycles. The van der Waals surface area contributed by atoms with E-state index < -0.39 is 0 Å². The molecule has 184 valence electrons. The van der Waals surface area contributed by atoms with Gasteiger partial charge in [-0.1, -0.05) is 36.4 Å². The first kappa shape index (κ1) is 21.9. The van der Waals surface area contributed by atoms with Crippen LogP contribution in [0.4, 0.5) is 10.1 Å². The maximum Gasteiger partial charge on any atom is 0.256 e. The fourth-order valence-electron chi connectivity index (χ4n) is 4.84. The normalized spacial score (nSPS) is 15.3. The highest BCUT2D eigenvalue weighted by Gasteiger charge is 2.34. The summed E-state index contributed by atoms with van der Waals surface area (Å²) < 4.78 is 17.6. The van der Waals surface area contributed by atoms with E-state index in [1.54, 1.807) is 35.3 Å². The minimum absolute atomic E-state index is 0.214. The first-order chi connectivity index (χ1) is 18.1. The largest absolute Gasteiger partial charge is 0.319 e. The van der Waals surface area contributed by atoms with Crippen molar-refractivity contribution >= 4 is 22.6 Å². The Labute approximate surface area is 213 Å². The maximum atomic E-state index is 14.1. The summed E-state index contributed by atoms with van der Waals surface area (Å²) in [6.45, 7) is 0.281. The van der Waals surface area contributed by atoms with Gasteiger partial charge < -0.3 is 5.32 Å². The second kappa shape index (κ2) is 8.65. The molecule has 1 N–H and O–H groups in total. The zero-order chi connectivity index (χ0) is 24.9. The van der Waals surface area contributed by atoms with Crippen molar-refractivity contribution in [3.8, 4) is 5.69 Å². The third-order valence-corrected chi connectivity index (χ3v) is 7.07. The van der Waals surface area contributed by atoms with Gasteiger partial charge in [-0.05, 0) is 49.9 Å². The van der Waals surface area contributed by atoms with Gasteiger partial charge in [-0.25, -0.2) is 14.1 Å². The van der Waals surface area contributed by atoms with Crippen molar-refractivity contribution in [3.63, 3.8) is 0 Å². The van der Waals surface area contributed by atoms with E-state index in [-0.39, 0.29) is 18.3 Å². The van der Waals surface area contributed by atoms with E-state index in [0.29, 0.717) is 28.7 Å². The van der Waals surface area contributed by atoms with Crippen molar-refractivity contribution in [2.75, 3.05) is 5.32 Å². The molecule has 1 amide bonds. The number of aromatic nitrogens is 5. The Morgan fingerprint density at radius 1 is 1.00 bits per heavy atom. The zero-order valence-corrected chi connectivity index (χ0v) is 20.1. The minimum Gasteiger partial charge on any atom is -0.319 e. The molecule has 2 aliphatic rings. The smallest absolute Gasteiger partial charge is 0.256 e. The second-order valence-corrected chi connectivity index (χ2v) is 9.95. The van der Waals surface area contributed by atoms with Crippen LogP contribution in [-0.2, 0) is 6.54 Å². The van der Waals surface area contributed by atoms with Gasteiger partial charge >= 0.3 is 0 Å². The lowest BCUT2D eigenvalue weighted by atomic mass is 10.0. The van der Waals surface area contributed by atoms with Crippen LogP contribution < -0.4 is 5.32 Å². The molecule has 7 nitrogen and oxygen atoms in total.